The molecule has 0 saturated carbocycles. The van der Waals surface area contributed by atoms with Gasteiger partial charge in [-0.2, -0.15) is 0 Å². The summed E-state index contributed by atoms with van der Waals surface area (Å²) in [5, 5.41) is 11.8. The number of hydrogen-bond donors (Lipinski definition) is 1. The Labute approximate surface area is 152 Å². The quantitative estimate of drug-likeness (QED) is 0.682. The molecule has 6 heteroatoms. The molecule has 2 aromatic carbocycles. The van der Waals surface area contributed by atoms with Crippen LogP contribution in [-0.4, -0.2) is 23.8 Å². The van der Waals surface area contributed by atoms with Gasteiger partial charge in [0.1, 0.15) is 5.58 Å². The Morgan fingerprint density at radius 2 is 2.00 bits per heavy atom. The summed E-state index contributed by atoms with van der Waals surface area (Å²) in [6, 6.07) is 14.1. The van der Waals surface area contributed by atoms with Gasteiger partial charge in [0, 0.05) is 22.5 Å². The number of halogens is 1. The molecule has 1 aliphatic rings. The second kappa shape index (κ2) is 5.54. The van der Waals surface area contributed by atoms with E-state index in [1.54, 1.807) is 37.4 Å². The molecule has 126 valence electrons. The minimum Gasteiger partial charge on any atom is -0.453 e. The van der Waals surface area contributed by atoms with Crippen LogP contribution in [0, 0.1) is 0 Å². The molecule has 25 heavy (non-hydrogen) atoms. The maximum absolute atomic E-state index is 12.7. The van der Waals surface area contributed by atoms with Crippen LogP contribution in [0.2, 0.25) is 0 Å². The molecule has 1 N–H and O–H groups in total. The predicted molar refractivity (Wildman–Crippen MR) is 96.6 cm³/mol. The van der Waals surface area contributed by atoms with Crippen LogP contribution in [0.4, 0.5) is 5.69 Å². The van der Waals surface area contributed by atoms with Crippen LogP contribution < -0.4 is 4.90 Å². The van der Waals surface area contributed by atoms with E-state index in [0.29, 0.717) is 16.8 Å². The Kier molecular flexibility index (Phi) is 3.56. The van der Waals surface area contributed by atoms with Gasteiger partial charge < -0.3 is 14.4 Å². The predicted octanol–water partition coefficient (Wildman–Crippen LogP) is 3.63. The number of carbonyl (C=O) groups is 2. The van der Waals surface area contributed by atoms with Gasteiger partial charge in [-0.25, -0.2) is 0 Å². The molecule has 1 atom stereocenters. The van der Waals surface area contributed by atoms with Crippen molar-refractivity contribution >= 4 is 44.3 Å². The molecule has 5 nitrogen and oxygen atoms in total. The van der Waals surface area contributed by atoms with E-state index in [9.17, 15) is 14.7 Å². The number of benzene rings is 2. The normalized spacial score (nSPS) is 19.5. The summed E-state index contributed by atoms with van der Waals surface area (Å²) in [7, 11) is 1.58. The second-order valence-corrected chi connectivity index (χ2v) is 7.05. The molecule has 0 saturated heterocycles. The van der Waals surface area contributed by atoms with E-state index >= 15 is 0 Å². The van der Waals surface area contributed by atoms with Crippen LogP contribution in [0.1, 0.15) is 22.5 Å². The second-order valence-electron chi connectivity index (χ2n) is 6.13. The largest absolute Gasteiger partial charge is 0.453 e. The van der Waals surface area contributed by atoms with Crippen molar-refractivity contribution in [2.45, 2.75) is 12.0 Å². The highest BCUT2D eigenvalue weighted by molar-refractivity contribution is 9.10. The number of likely N-dealkylation sites (N-methyl/N-ethyl adjacent to an activating group) is 1. The first kappa shape index (κ1) is 16.1. The molecule has 1 aliphatic heterocycles. The van der Waals surface area contributed by atoms with Crippen molar-refractivity contribution in [2.24, 2.45) is 0 Å². The number of Topliss-reactive ketones (excluding diaryl/α,β-unsaturated/α-hetero) is 1. The van der Waals surface area contributed by atoms with E-state index in [4.69, 9.17) is 4.42 Å². The molecule has 0 fully saturated rings. The van der Waals surface area contributed by atoms with Gasteiger partial charge in [0.2, 0.25) is 5.78 Å². The molecular weight excluding hydrogens is 386 g/mol. The maximum atomic E-state index is 12.7. The summed E-state index contributed by atoms with van der Waals surface area (Å²) in [6.45, 7) is 0. The number of fused-ring (bicyclic) bond motifs is 2. The van der Waals surface area contributed by atoms with E-state index in [2.05, 4.69) is 15.9 Å². The van der Waals surface area contributed by atoms with Crippen LogP contribution >= 0.6 is 15.9 Å². The topological polar surface area (TPSA) is 70.8 Å². The molecule has 1 aromatic heterocycles. The third-order valence-corrected chi connectivity index (χ3v) is 5.03. The van der Waals surface area contributed by atoms with Crippen molar-refractivity contribution in [3.05, 3.63) is 64.3 Å². The molecule has 4 rings (SSSR count). The molecule has 0 radical (unpaired) electrons. The fraction of sp³-hybridized carbons (Fsp3) is 0.158. The van der Waals surface area contributed by atoms with Gasteiger partial charge in [0.05, 0.1) is 12.1 Å². The first-order chi connectivity index (χ1) is 11.9. The first-order valence-electron chi connectivity index (χ1n) is 7.72. The highest BCUT2D eigenvalue weighted by Gasteiger charge is 2.50. The van der Waals surface area contributed by atoms with Crippen LogP contribution in [-0.2, 0) is 10.4 Å². The van der Waals surface area contributed by atoms with Crippen LogP contribution in [0.15, 0.2) is 57.4 Å². The molecule has 0 spiro atoms. The van der Waals surface area contributed by atoms with Gasteiger partial charge >= 0.3 is 0 Å². The Balaban J connectivity index is 1.73. The van der Waals surface area contributed by atoms with Crippen molar-refractivity contribution in [2.75, 3.05) is 11.9 Å². The number of aliphatic hydroxyl groups is 1. The van der Waals surface area contributed by atoms with Gasteiger partial charge in [-0.3, -0.25) is 9.59 Å². The van der Waals surface area contributed by atoms with Crippen molar-refractivity contribution in [1.29, 1.82) is 0 Å². The molecule has 0 aliphatic carbocycles. The van der Waals surface area contributed by atoms with Crippen LogP contribution in [0.25, 0.3) is 11.0 Å². The van der Waals surface area contributed by atoms with Gasteiger partial charge in [0.25, 0.3) is 5.91 Å². The molecule has 2 heterocycles. The summed E-state index contributed by atoms with van der Waals surface area (Å²) in [5.41, 5.74) is -0.299. The number of anilines is 1. The lowest BCUT2D eigenvalue weighted by Crippen LogP contribution is -2.40. The van der Waals surface area contributed by atoms with Crippen LogP contribution in [0.5, 0.6) is 0 Å². The third-order valence-electron chi connectivity index (χ3n) is 4.54. The van der Waals surface area contributed by atoms with Crippen molar-refractivity contribution < 1.29 is 19.1 Å². The lowest BCUT2D eigenvalue weighted by molar-refractivity contribution is -0.135. The van der Waals surface area contributed by atoms with E-state index in [0.717, 1.165) is 9.86 Å². The van der Waals surface area contributed by atoms with E-state index in [-0.39, 0.29) is 12.2 Å². The fourth-order valence-electron chi connectivity index (χ4n) is 3.24. The Bertz CT molecular complexity index is 992. The minimum atomic E-state index is -1.90. The van der Waals surface area contributed by atoms with Crippen LogP contribution in [0.3, 0.4) is 0 Å². The number of nitrogens with zero attached hydrogens (tertiary/aromatic N) is 1. The molecule has 0 bridgehead atoms. The lowest BCUT2D eigenvalue weighted by atomic mass is 9.89. The molecule has 3 aromatic rings. The van der Waals surface area contributed by atoms with Crippen molar-refractivity contribution in [3.8, 4) is 0 Å². The number of ketones is 1. The van der Waals surface area contributed by atoms with Gasteiger partial charge in [-0.15, -0.1) is 0 Å². The summed E-state index contributed by atoms with van der Waals surface area (Å²) < 4.78 is 6.29. The standard InChI is InChI=1S/C19H14BrNO4/c1-21-14-7-6-12(20)9-13(14)19(24,18(21)23)10-15(22)17-8-11-4-2-3-5-16(11)25-17/h2-9,24H,10H2,1H3. The van der Waals surface area contributed by atoms with Crippen molar-refractivity contribution in [1.82, 2.24) is 0 Å². The molecular formula is C19H14BrNO4. The number of carbonyl (C=O) groups excluding carboxylic acids is 2. The zero-order valence-corrected chi connectivity index (χ0v) is 14.9. The monoisotopic (exact) mass is 399 g/mol. The molecule has 1 unspecified atom stereocenters. The highest BCUT2D eigenvalue weighted by Crippen LogP contribution is 2.43. The SMILES string of the molecule is CN1C(=O)C(O)(CC(=O)c2cc3ccccc3o2)c2cc(Br)ccc21. The third kappa shape index (κ3) is 2.41. The maximum Gasteiger partial charge on any atom is 0.263 e. The summed E-state index contributed by atoms with van der Waals surface area (Å²) in [4.78, 5) is 26.7. The Morgan fingerprint density at radius 1 is 1.24 bits per heavy atom. The lowest BCUT2D eigenvalue weighted by Gasteiger charge is -2.20. The number of amides is 1. The van der Waals surface area contributed by atoms with Crippen molar-refractivity contribution in [3.63, 3.8) is 0 Å². The smallest absolute Gasteiger partial charge is 0.263 e. The Morgan fingerprint density at radius 3 is 2.76 bits per heavy atom. The van der Waals surface area contributed by atoms with E-state index in [1.807, 2.05) is 18.2 Å². The van der Waals surface area contributed by atoms with E-state index in [1.165, 1.54) is 4.90 Å². The highest BCUT2D eigenvalue weighted by atomic mass is 79.9. The van der Waals surface area contributed by atoms with Gasteiger partial charge in [-0.05, 0) is 30.3 Å². The average molecular weight is 400 g/mol. The average Bonchev–Trinajstić information content (AvgIpc) is 3.10. The van der Waals surface area contributed by atoms with E-state index < -0.39 is 17.3 Å². The summed E-state index contributed by atoms with van der Waals surface area (Å²) in [6.07, 6.45) is -0.376. The van der Waals surface area contributed by atoms with Gasteiger partial charge in [0.15, 0.2) is 11.4 Å². The Hall–Kier alpha value is -2.44. The molecule has 1 amide bonds. The summed E-state index contributed by atoms with van der Waals surface area (Å²) >= 11 is 3.35. The first-order valence-corrected chi connectivity index (χ1v) is 8.52. The summed E-state index contributed by atoms with van der Waals surface area (Å²) in [5.74, 6) is -0.813. The zero-order valence-electron chi connectivity index (χ0n) is 13.3. The minimum absolute atomic E-state index is 0.133. The zero-order chi connectivity index (χ0) is 17.8. The van der Waals surface area contributed by atoms with Gasteiger partial charge in [-0.1, -0.05) is 34.1 Å². The number of para-hydroxylation sites is 1. The number of hydrogen-bond acceptors (Lipinski definition) is 4. The fourth-order valence-corrected chi connectivity index (χ4v) is 3.60. The number of rotatable bonds is 3. The number of furan rings is 1.